The summed E-state index contributed by atoms with van der Waals surface area (Å²) < 4.78 is 4.91. The minimum Gasteiger partial charge on any atom is -0.383 e. The number of para-hydroxylation sites is 1. The van der Waals surface area contributed by atoms with E-state index in [0.717, 1.165) is 25.5 Å². The zero-order valence-electron chi connectivity index (χ0n) is 13.7. The maximum absolute atomic E-state index is 11.8. The van der Waals surface area contributed by atoms with Crippen LogP contribution in [0.1, 0.15) is 12.5 Å². The van der Waals surface area contributed by atoms with Gasteiger partial charge in [0.25, 0.3) is 0 Å². The van der Waals surface area contributed by atoms with Crippen molar-refractivity contribution in [3.8, 4) is 0 Å². The van der Waals surface area contributed by atoms with Crippen LogP contribution < -0.4 is 15.5 Å². The minimum atomic E-state index is -0.0973. The van der Waals surface area contributed by atoms with Gasteiger partial charge in [0.2, 0.25) is 5.91 Å². The fraction of sp³-hybridized carbons (Fsp3) is 0.500. The predicted octanol–water partition coefficient (Wildman–Crippen LogP) is 1.40. The van der Waals surface area contributed by atoms with Gasteiger partial charge in [0.05, 0.1) is 6.61 Å². The van der Waals surface area contributed by atoms with E-state index >= 15 is 0 Å². The van der Waals surface area contributed by atoms with Gasteiger partial charge >= 0.3 is 0 Å². The Bertz CT molecular complexity index is 537. The van der Waals surface area contributed by atoms with E-state index in [1.165, 1.54) is 11.3 Å². The molecule has 128 valence electrons. The van der Waals surface area contributed by atoms with E-state index in [-0.39, 0.29) is 36.4 Å². The first-order chi connectivity index (χ1) is 10.8. The number of hydrogen-bond donors (Lipinski definition) is 2. The zero-order chi connectivity index (χ0) is 15.8. The smallest absolute Gasteiger partial charge is 0.241 e. The Hall–Kier alpha value is -1.35. The average Bonchev–Trinajstić information content (AvgIpc) is 2.95. The van der Waals surface area contributed by atoms with Gasteiger partial charge in [0, 0.05) is 32.4 Å². The summed E-state index contributed by atoms with van der Waals surface area (Å²) >= 11 is 0. The molecule has 0 unspecified atom stereocenters. The van der Waals surface area contributed by atoms with E-state index in [9.17, 15) is 4.79 Å². The Morgan fingerprint density at radius 3 is 2.87 bits per heavy atom. The van der Waals surface area contributed by atoms with Crippen LogP contribution in [0.15, 0.2) is 29.3 Å². The highest BCUT2D eigenvalue weighted by Crippen LogP contribution is 2.27. The van der Waals surface area contributed by atoms with Crippen molar-refractivity contribution < 1.29 is 9.53 Å². The van der Waals surface area contributed by atoms with Gasteiger partial charge in [-0.3, -0.25) is 4.79 Å². The molecule has 0 saturated carbocycles. The molecule has 1 amide bonds. The van der Waals surface area contributed by atoms with Crippen LogP contribution in [0.25, 0.3) is 0 Å². The average molecular weight is 432 g/mol. The van der Waals surface area contributed by atoms with Crippen LogP contribution in [0.3, 0.4) is 0 Å². The third kappa shape index (κ3) is 5.65. The van der Waals surface area contributed by atoms with Gasteiger partial charge < -0.3 is 20.3 Å². The molecular weight excluding hydrogens is 407 g/mol. The SMILES string of the molecule is CCNC(=NCC(=O)NCCOC)N1CCc2ccccc21.I. The summed E-state index contributed by atoms with van der Waals surface area (Å²) in [4.78, 5) is 18.4. The van der Waals surface area contributed by atoms with Crippen molar-refractivity contribution in [1.29, 1.82) is 0 Å². The number of benzene rings is 1. The number of ether oxygens (including phenoxy) is 1. The number of carbonyl (C=O) groups excluding carboxylic acids is 1. The van der Waals surface area contributed by atoms with E-state index in [2.05, 4.69) is 38.7 Å². The van der Waals surface area contributed by atoms with E-state index in [0.29, 0.717) is 13.2 Å². The Morgan fingerprint density at radius 1 is 1.35 bits per heavy atom. The number of anilines is 1. The fourth-order valence-electron chi connectivity index (χ4n) is 2.45. The van der Waals surface area contributed by atoms with Crippen molar-refractivity contribution in [2.75, 3.05) is 44.8 Å². The summed E-state index contributed by atoms with van der Waals surface area (Å²) in [5.41, 5.74) is 2.49. The Labute approximate surface area is 154 Å². The normalized spacial score (nSPS) is 13.3. The lowest BCUT2D eigenvalue weighted by atomic mass is 10.2. The molecule has 1 aliphatic heterocycles. The lowest BCUT2D eigenvalue weighted by molar-refractivity contribution is -0.119. The molecule has 23 heavy (non-hydrogen) atoms. The van der Waals surface area contributed by atoms with Crippen molar-refractivity contribution in [2.45, 2.75) is 13.3 Å². The molecule has 1 aromatic rings. The summed E-state index contributed by atoms with van der Waals surface area (Å²) in [5, 5.41) is 6.03. The van der Waals surface area contributed by atoms with E-state index in [1.807, 2.05) is 13.0 Å². The Morgan fingerprint density at radius 2 is 2.13 bits per heavy atom. The number of nitrogens with one attached hydrogen (secondary N) is 2. The number of halogens is 1. The number of methoxy groups -OCH3 is 1. The molecule has 0 aromatic heterocycles. The van der Waals surface area contributed by atoms with Crippen LogP contribution in [-0.4, -0.2) is 51.8 Å². The molecule has 1 aliphatic rings. The van der Waals surface area contributed by atoms with Crippen molar-refractivity contribution in [2.24, 2.45) is 4.99 Å². The molecule has 7 heteroatoms. The largest absolute Gasteiger partial charge is 0.383 e. The fourth-order valence-corrected chi connectivity index (χ4v) is 2.45. The number of amides is 1. The van der Waals surface area contributed by atoms with E-state index in [1.54, 1.807) is 7.11 Å². The number of carbonyl (C=O) groups is 1. The molecule has 2 rings (SSSR count). The summed E-state index contributed by atoms with van der Waals surface area (Å²) in [6.45, 7) is 4.81. The maximum Gasteiger partial charge on any atom is 0.241 e. The van der Waals surface area contributed by atoms with Gasteiger partial charge in [0.15, 0.2) is 5.96 Å². The lowest BCUT2D eigenvalue weighted by Gasteiger charge is -2.22. The molecule has 0 radical (unpaired) electrons. The second kappa shape index (κ2) is 10.4. The summed E-state index contributed by atoms with van der Waals surface area (Å²) in [5.74, 6) is 0.661. The molecule has 0 bridgehead atoms. The van der Waals surface area contributed by atoms with Gasteiger partial charge in [-0.05, 0) is 25.0 Å². The highest BCUT2D eigenvalue weighted by Gasteiger charge is 2.22. The molecule has 0 spiro atoms. The summed E-state index contributed by atoms with van der Waals surface area (Å²) in [7, 11) is 1.61. The molecular formula is C16H25IN4O2. The maximum atomic E-state index is 11.8. The van der Waals surface area contributed by atoms with E-state index < -0.39 is 0 Å². The number of rotatable bonds is 6. The second-order valence-corrected chi connectivity index (χ2v) is 5.04. The highest BCUT2D eigenvalue weighted by atomic mass is 127. The van der Waals surface area contributed by atoms with Crippen LogP contribution in [0, 0.1) is 0 Å². The number of nitrogens with zero attached hydrogens (tertiary/aromatic N) is 2. The molecule has 0 fully saturated rings. The number of aliphatic imine (C=N–C) groups is 1. The summed E-state index contributed by atoms with van der Waals surface area (Å²) in [6, 6.07) is 8.30. The van der Waals surface area contributed by atoms with Crippen LogP contribution in [0.5, 0.6) is 0 Å². The minimum absolute atomic E-state index is 0. The van der Waals surface area contributed by atoms with Crippen LogP contribution in [0.2, 0.25) is 0 Å². The first kappa shape index (κ1) is 19.7. The van der Waals surface area contributed by atoms with Gasteiger partial charge in [-0.15, -0.1) is 24.0 Å². The van der Waals surface area contributed by atoms with Crippen molar-refractivity contribution in [3.63, 3.8) is 0 Å². The third-order valence-electron chi connectivity index (χ3n) is 3.48. The molecule has 0 atom stereocenters. The van der Waals surface area contributed by atoms with Gasteiger partial charge in [-0.25, -0.2) is 4.99 Å². The van der Waals surface area contributed by atoms with Crippen LogP contribution in [0.4, 0.5) is 5.69 Å². The Kier molecular flexibility index (Phi) is 8.93. The standard InChI is InChI=1S/C16H24N4O2.HI/c1-3-17-16(19-12-15(21)18-9-11-22-2)20-10-8-13-6-4-5-7-14(13)20;/h4-7H,3,8-12H2,1-2H3,(H,17,19)(H,18,21);1H. The van der Waals surface area contributed by atoms with Gasteiger partial charge in [-0.2, -0.15) is 0 Å². The van der Waals surface area contributed by atoms with E-state index in [4.69, 9.17) is 4.74 Å². The third-order valence-corrected chi connectivity index (χ3v) is 3.48. The topological polar surface area (TPSA) is 66.0 Å². The van der Waals surface area contributed by atoms with Gasteiger partial charge in [0.1, 0.15) is 6.54 Å². The predicted molar refractivity (Wildman–Crippen MR) is 104 cm³/mol. The molecule has 2 N–H and O–H groups in total. The molecule has 1 aromatic carbocycles. The highest BCUT2D eigenvalue weighted by molar-refractivity contribution is 14.0. The van der Waals surface area contributed by atoms with Crippen molar-refractivity contribution in [1.82, 2.24) is 10.6 Å². The molecule has 0 saturated heterocycles. The van der Waals surface area contributed by atoms with Crippen LogP contribution >= 0.6 is 24.0 Å². The number of guanidine groups is 1. The number of hydrogen-bond acceptors (Lipinski definition) is 3. The number of fused-ring (bicyclic) bond motifs is 1. The van der Waals surface area contributed by atoms with Crippen molar-refractivity contribution in [3.05, 3.63) is 29.8 Å². The second-order valence-electron chi connectivity index (χ2n) is 5.04. The summed E-state index contributed by atoms with van der Waals surface area (Å²) in [6.07, 6.45) is 1.00. The molecule has 0 aliphatic carbocycles. The van der Waals surface area contributed by atoms with Crippen LogP contribution in [-0.2, 0) is 16.0 Å². The zero-order valence-corrected chi connectivity index (χ0v) is 16.0. The molecule has 1 heterocycles. The molecule has 6 nitrogen and oxygen atoms in total. The Balaban J connectivity index is 0.00000264. The monoisotopic (exact) mass is 432 g/mol. The first-order valence-electron chi connectivity index (χ1n) is 7.65. The van der Waals surface area contributed by atoms with Crippen molar-refractivity contribution >= 4 is 41.5 Å². The van der Waals surface area contributed by atoms with Gasteiger partial charge in [-0.1, -0.05) is 18.2 Å². The first-order valence-corrected chi connectivity index (χ1v) is 7.65. The quantitative estimate of drug-likeness (QED) is 0.309. The lowest BCUT2D eigenvalue weighted by Crippen LogP contribution is -2.41.